The molecule has 21 heavy (non-hydrogen) atoms. The molecule has 1 aliphatic rings. The van der Waals surface area contributed by atoms with Gasteiger partial charge in [0.25, 0.3) is 0 Å². The van der Waals surface area contributed by atoms with Gasteiger partial charge >= 0.3 is 0 Å². The van der Waals surface area contributed by atoms with E-state index in [0.29, 0.717) is 18.9 Å². The molecule has 0 bridgehead atoms. The lowest BCUT2D eigenvalue weighted by atomic mass is 10.0. The first-order valence-corrected chi connectivity index (χ1v) is 7.32. The van der Waals surface area contributed by atoms with Crippen LogP contribution in [0.25, 0.3) is 0 Å². The van der Waals surface area contributed by atoms with E-state index in [1.165, 1.54) is 0 Å². The van der Waals surface area contributed by atoms with E-state index < -0.39 is 0 Å². The highest BCUT2D eigenvalue weighted by atomic mass is 16.2. The number of likely N-dealkylation sites (tertiary alicyclic amines) is 1. The maximum absolute atomic E-state index is 12.0. The van der Waals surface area contributed by atoms with E-state index in [-0.39, 0.29) is 11.9 Å². The van der Waals surface area contributed by atoms with E-state index in [2.05, 4.69) is 16.3 Å². The van der Waals surface area contributed by atoms with Gasteiger partial charge < -0.3 is 11.1 Å². The monoisotopic (exact) mass is 286 g/mol. The van der Waals surface area contributed by atoms with Gasteiger partial charge in [-0.05, 0) is 43.5 Å². The van der Waals surface area contributed by atoms with E-state index in [0.717, 1.165) is 30.8 Å². The lowest BCUT2D eigenvalue weighted by Crippen LogP contribution is -2.34. The molecule has 1 heterocycles. The van der Waals surface area contributed by atoms with Crippen molar-refractivity contribution in [2.45, 2.75) is 25.8 Å². The molecule has 0 spiro atoms. The second kappa shape index (κ2) is 7.21. The summed E-state index contributed by atoms with van der Waals surface area (Å²) in [5.74, 6) is 0.483. The topological polar surface area (TPSA) is 82.2 Å². The number of carbonyl (C=O) groups excluding carboxylic acids is 1. The van der Waals surface area contributed by atoms with Gasteiger partial charge in [0.05, 0.1) is 19.0 Å². The first-order chi connectivity index (χ1) is 10.1. The van der Waals surface area contributed by atoms with Gasteiger partial charge in [0.2, 0.25) is 5.91 Å². The maximum atomic E-state index is 12.0. The lowest BCUT2D eigenvalue weighted by Gasteiger charge is -2.17. The van der Waals surface area contributed by atoms with Gasteiger partial charge in [0.15, 0.2) is 0 Å². The largest absolute Gasteiger partial charge is 0.328 e. The fourth-order valence-corrected chi connectivity index (χ4v) is 2.64. The highest BCUT2D eigenvalue weighted by molar-refractivity contribution is 5.92. The van der Waals surface area contributed by atoms with Crippen molar-refractivity contribution in [2.75, 3.05) is 25.0 Å². The molecule has 1 aromatic rings. The SMILES string of the molecule is CC(N)C1CCN(CC(=O)Nc2ccc(CC#N)cc2)C1. The zero-order chi connectivity index (χ0) is 15.2. The molecule has 2 rings (SSSR count). The molecule has 112 valence electrons. The Balaban J connectivity index is 1.81. The number of nitriles is 1. The Morgan fingerprint density at radius 1 is 1.52 bits per heavy atom. The number of amides is 1. The minimum atomic E-state index is -0.00615. The molecule has 5 heteroatoms. The molecule has 2 unspecified atom stereocenters. The maximum Gasteiger partial charge on any atom is 0.238 e. The molecule has 2 atom stereocenters. The average molecular weight is 286 g/mol. The van der Waals surface area contributed by atoms with Crippen LogP contribution in [0.2, 0.25) is 0 Å². The van der Waals surface area contributed by atoms with E-state index >= 15 is 0 Å². The zero-order valence-corrected chi connectivity index (χ0v) is 12.4. The molecule has 1 aromatic carbocycles. The molecule has 5 nitrogen and oxygen atoms in total. The summed E-state index contributed by atoms with van der Waals surface area (Å²) in [6.45, 7) is 4.26. The van der Waals surface area contributed by atoms with Crippen molar-refractivity contribution in [1.82, 2.24) is 4.90 Å². The zero-order valence-electron chi connectivity index (χ0n) is 12.4. The second-order valence-corrected chi connectivity index (χ2v) is 5.72. The number of nitrogens with zero attached hydrogens (tertiary/aromatic N) is 2. The summed E-state index contributed by atoms with van der Waals surface area (Å²) in [6.07, 6.45) is 1.45. The van der Waals surface area contributed by atoms with Crippen LogP contribution in [-0.4, -0.2) is 36.5 Å². The van der Waals surface area contributed by atoms with E-state index in [9.17, 15) is 4.79 Å². The molecule has 3 N–H and O–H groups in total. The van der Waals surface area contributed by atoms with Gasteiger partial charge in [-0.1, -0.05) is 12.1 Å². The molecule has 1 amide bonds. The van der Waals surface area contributed by atoms with Crippen molar-refractivity contribution >= 4 is 11.6 Å². The van der Waals surface area contributed by atoms with E-state index in [1.54, 1.807) is 0 Å². The Morgan fingerprint density at radius 2 is 2.24 bits per heavy atom. The molecule has 0 aliphatic carbocycles. The lowest BCUT2D eigenvalue weighted by molar-refractivity contribution is -0.117. The van der Waals surface area contributed by atoms with Gasteiger partial charge in [-0.3, -0.25) is 9.69 Å². The van der Waals surface area contributed by atoms with Crippen LogP contribution in [-0.2, 0) is 11.2 Å². The smallest absolute Gasteiger partial charge is 0.238 e. The summed E-state index contributed by atoms with van der Waals surface area (Å²) in [4.78, 5) is 14.2. The molecule has 1 fully saturated rings. The van der Waals surface area contributed by atoms with Gasteiger partial charge in [-0.15, -0.1) is 0 Å². The Hall–Kier alpha value is -1.90. The number of nitrogens with two attached hydrogens (primary N) is 1. The fourth-order valence-electron chi connectivity index (χ4n) is 2.64. The van der Waals surface area contributed by atoms with Gasteiger partial charge in [-0.25, -0.2) is 0 Å². The van der Waals surface area contributed by atoms with Crippen molar-refractivity contribution < 1.29 is 4.79 Å². The first-order valence-electron chi connectivity index (χ1n) is 7.32. The van der Waals surface area contributed by atoms with Crippen LogP contribution in [0.3, 0.4) is 0 Å². The molecular formula is C16H22N4O. The fraction of sp³-hybridized carbons (Fsp3) is 0.500. The number of hydrogen-bond acceptors (Lipinski definition) is 4. The number of anilines is 1. The molecule has 0 saturated carbocycles. The Kier molecular flexibility index (Phi) is 5.32. The molecular weight excluding hydrogens is 264 g/mol. The Bertz CT molecular complexity index is 518. The van der Waals surface area contributed by atoms with Crippen molar-refractivity contribution in [3.8, 4) is 6.07 Å². The van der Waals surface area contributed by atoms with Gasteiger partial charge in [-0.2, -0.15) is 5.26 Å². The minimum absolute atomic E-state index is 0.00615. The van der Waals surface area contributed by atoms with Gasteiger partial charge in [0, 0.05) is 18.3 Å². The number of hydrogen-bond donors (Lipinski definition) is 2. The summed E-state index contributed by atoms with van der Waals surface area (Å²) in [5.41, 5.74) is 7.62. The highest BCUT2D eigenvalue weighted by Gasteiger charge is 2.26. The Labute approximate surface area is 125 Å². The molecule has 1 aliphatic heterocycles. The quantitative estimate of drug-likeness (QED) is 0.856. The standard InChI is InChI=1S/C16H22N4O/c1-12(18)14-7-9-20(10-14)11-16(21)19-15-4-2-13(3-5-15)6-8-17/h2-5,12,14H,6-7,9-11,18H2,1H3,(H,19,21). The number of benzene rings is 1. The first kappa shape index (κ1) is 15.5. The third-order valence-corrected chi connectivity index (χ3v) is 3.94. The van der Waals surface area contributed by atoms with Crippen LogP contribution < -0.4 is 11.1 Å². The highest BCUT2D eigenvalue weighted by Crippen LogP contribution is 2.18. The number of nitrogens with one attached hydrogen (secondary N) is 1. The summed E-state index contributed by atoms with van der Waals surface area (Å²) >= 11 is 0. The van der Waals surface area contributed by atoms with E-state index in [4.69, 9.17) is 11.0 Å². The van der Waals surface area contributed by atoms with Crippen molar-refractivity contribution in [3.05, 3.63) is 29.8 Å². The van der Waals surface area contributed by atoms with Crippen LogP contribution >= 0.6 is 0 Å². The number of rotatable bonds is 5. The molecule has 1 saturated heterocycles. The minimum Gasteiger partial charge on any atom is -0.328 e. The predicted molar refractivity (Wildman–Crippen MR) is 82.6 cm³/mol. The van der Waals surface area contributed by atoms with E-state index in [1.807, 2.05) is 31.2 Å². The normalized spacial score (nSPS) is 20.0. The van der Waals surface area contributed by atoms with Crippen molar-refractivity contribution in [2.24, 2.45) is 11.7 Å². The molecule has 0 aromatic heterocycles. The second-order valence-electron chi connectivity index (χ2n) is 5.72. The van der Waals surface area contributed by atoms with Crippen LogP contribution in [0.1, 0.15) is 18.9 Å². The van der Waals surface area contributed by atoms with Crippen molar-refractivity contribution in [1.29, 1.82) is 5.26 Å². The van der Waals surface area contributed by atoms with Crippen LogP contribution in [0.4, 0.5) is 5.69 Å². The average Bonchev–Trinajstić information content (AvgIpc) is 2.90. The van der Waals surface area contributed by atoms with Gasteiger partial charge in [0.1, 0.15) is 0 Å². The van der Waals surface area contributed by atoms with Crippen LogP contribution in [0.5, 0.6) is 0 Å². The third-order valence-electron chi connectivity index (χ3n) is 3.94. The Morgan fingerprint density at radius 3 is 2.81 bits per heavy atom. The van der Waals surface area contributed by atoms with Crippen LogP contribution in [0.15, 0.2) is 24.3 Å². The third kappa shape index (κ3) is 4.55. The summed E-state index contributed by atoms with van der Waals surface area (Å²) in [7, 11) is 0. The predicted octanol–water partition coefficient (Wildman–Crippen LogP) is 1.36. The number of carbonyl (C=O) groups is 1. The summed E-state index contributed by atoms with van der Waals surface area (Å²) in [5, 5.41) is 11.5. The summed E-state index contributed by atoms with van der Waals surface area (Å²) < 4.78 is 0. The summed E-state index contributed by atoms with van der Waals surface area (Å²) in [6, 6.07) is 9.68. The van der Waals surface area contributed by atoms with Crippen molar-refractivity contribution in [3.63, 3.8) is 0 Å². The van der Waals surface area contributed by atoms with Crippen LogP contribution in [0, 0.1) is 17.2 Å². The molecule has 0 radical (unpaired) electrons.